The van der Waals surface area contributed by atoms with Crippen LogP contribution in [0.3, 0.4) is 0 Å². The maximum absolute atomic E-state index is 14.2. The van der Waals surface area contributed by atoms with Crippen molar-refractivity contribution >= 4 is 25.5 Å². The van der Waals surface area contributed by atoms with Gasteiger partial charge < -0.3 is 24.3 Å². The fourth-order valence-electron chi connectivity index (χ4n) is 5.65. The molecule has 15 heteroatoms. The van der Waals surface area contributed by atoms with Gasteiger partial charge in [-0.05, 0) is 38.1 Å². The third-order valence-electron chi connectivity index (χ3n) is 8.27. The molecule has 2 saturated heterocycles. The van der Waals surface area contributed by atoms with E-state index in [-0.39, 0.29) is 24.4 Å². The highest BCUT2D eigenvalue weighted by atomic mass is 28.3. The standard InChI is InChI=1S/C30H43F3N8O3Si/c1-37(11-9-27(42)39-14-12-38(13-15-39)26-8-7-23(18-34)19-35-26)21-24-6-5-10-40(24)25-20-36-41(22-44-16-17-45(2,3)4)29(43)28(25)30(31,32)33/h7-8,19-20,24H,5-6,9-17,21-22H2,1-4H3/t24-/m0/s1. The lowest BCUT2D eigenvalue weighted by atomic mass is 10.1. The average Bonchev–Trinajstić information content (AvgIpc) is 3.45. The second-order valence-corrected chi connectivity index (χ2v) is 18.6. The topological polar surface area (TPSA) is 111 Å². The van der Waals surface area contributed by atoms with Crippen molar-refractivity contribution in [2.45, 2.75) is 63.9 Å². The summed E-state index contributed by atoms with van der Waals surface area (Å²) in [7, 11) is 0.466. The van der Waals surface area contributed by atoms with E-state index < -0.39 is 25.4 Å². The zero-order valence-corrected chi connectivity index (χ0v) is 27.5. The van der Waals surface area contributed by atoms with Gasteiger partial charge in [0.2, 0.25) is 5.91 Å². The smallest absolute Gasteiger partial charge is 0.365 e. The molecule has 246 valence electrons. The fraction of sp³-hybridized carbons (Fsp3) is 0.633. The summed E-state index contributed by atoms with van der Waals surface area (Å²) in [6, 6.07) is 6.16. The predicted molar refractivity (Wildman–Crippen MR) is 168 cm³/mol. The molecule has 4 heterocycles. The molecular weight excluding hydrogens is 605 g/mol. The van der Waals surface area contributed by atoms with Crippen molar-refractivity contribution in [3.8, 4) is 6.07 Å². The van der Waals surface area contributed by atoms with Crippen LogP contribution in [-0.4, -0.2) is 104 Å². The molecule has 1 atom stereocenters. The number of nitrogens with zero attached hydrogens (tertiary/aromatic N) is 8. The van der Waals surface area contributed by atoms with Crippen LogP contribution in [0, 0.1) is 11.3 Å². The minimum absolute atomic E-state index is 0.0248. The second kappa shape index (κ2) is 14.7. The van der Waals surface area contributed by atoms with Crippen LogP contribution in [0.1, 0.15) is 30.4 Å². The number of anilines is 2. The summed E-state index contributed by atoms with van der Waals surface area (Å²) in [6.07, 6.45) is -0.516. The van der Waals surface area contributed by atoms with E-state index in [0.717, 1.165) is 22.7 Å². The molecule has 11 nitrogen and oxygen atoms in total. The van der Waals surface area contributed by atoms with Gasteiger partial charge in [-0.2, -0.15) is 23.5 Å². The number of carbonyl (C=O) groups is 1. The molecular formula is C30H43F3N8O3Si. The molecule has 0 aliphatic carbocycles. The number of amides is 1. The van der Waals surface area contributed by atoms with Crippen LogP contribution in [0.2, 0.25) is 25.7 Å². The maximum Gasteiger partial charge on any atom is 0.423 e. The number of ether oxygens (including phenoxy) is 1. The van der Waals surface area contributed by atoms with Crippen LogP contribution in [0.4, 0.5) is 24.7 Å². The number of likely N-dealkylation sites (N-methyl/N-ethyl adjacent to an activating group) is 1. The molecule has 0 N–H and O–H groups in total. The highest BCUT2D eigenvalue weighted by Crippen LogP contribution is 2.36. The van der Waals surface area contributed by atoms with Crippen molar-refractivity contribution in [2.24, 2.45) is 0 Å². The van der Waals surface area contributed by atoms with E-state index in [2.05, 4.69) is 40.7 Å². The molecule has 2 aliphatic heterocycles. The van der Waals surface area contributed by atoms with E-state index in [1.807, 2.05) is 16.8 Å². The van der Waals surface area contributed by atoms with E-state index in [1.54, 1.807) is 17.0 Å². The minimum atomic E-state index is -4.85. The number of pyridine rings is 1. The molecule has 0 bridgehead atoms. The number of halogens is 3. The SMILES string of the molecule is CN(CCC(=O)N1CCN(c2ccc(C#N)cn2)CC1)C[C@@H]1CCCN1c1cnn(COCC[Si](C)(C)C)c(=O)c1C(F)(F)F. The zero-order valence-electron chi connectivity index (χ0n) is 26.5. The molecule has 2 aromatic rings. The molecule has 0 aromatic carbocycles. The lowest BCUT2D eigenvalue weighted by Crippen LogP contribution is -2.49. The Hall–Kier alpha value is -3.48. The molecule has 45 heavy (non-hydrogen) atoms. The maximum atomic E-state index is 14.2. The van der Waals surface area contributed by atoms with Gasteiger partial charge in [0.05, 0.1) is 17.4 Å². The first-order valence-electron chi connectivity index (χ1n) is 15.4. The monoisotopic (exact) mass is 648 g/mol. The Bertz CT molecular complexity index is 1400. The number of aromatic nitrogens is 3. The van der Waals surface area contributed by atoms with Crippen LogP contribution in [-0.2, 0) is 22.4 Å². The van der Waals surface area contributed by atoms with Gasteiger partial charge in [-0.1, -0.05) is 19.6 Å². The molecule has 1 amide bonds. The minimum Gasteiger partial charge on any atom is -0.365 e. The van der Waals surface area contributed by atoms with Crippen LogP contribution in [0.15, 0.2) is 29.3 Å². The summed E-state index contributed by atoms with van der Waals surface area (Å²) in [6.45, 7) is 10.2. The normalized spacial score (nSPS) is 17.7. The van der Waals surface area contributed by atoms with Crippen molar-refractivity contribution in [3.63, 3.8) is 0 Å². The number of nitriles is 1. The summed E-state index contributed by atoms with van der Waals surface area (Å²) >= 11 is 0. The van der Waals surface area contributed by atoms with Gasteiger partial charge in [0.25, 0.3) is 5.56 Å². The van der Waals surface area contributed by atoms with Crippen molar-refractivity contribution in [1.29, 1.82) is 5.26 Å². The molecule has 0 spiro atoms. The second-order valence-electron chi connectivity index (χ2n) is 12.9. The Balaban J connectivity index is 1.32. The first-order chi connectivity index (χ1) is 21.3. The van der Waals surface area contributed by atoms with Gasteiger partial charge in [0.15, 0.2) is 0 Å². The Morgan fingerprint density at radius 2 is 1.89 bits per heavy atom. The van der Waals surface area contributed by atoms with Crippen LogP contribution >= 0.6 is 0 Å². The summed E-state index contributed by atoms with van der Waals surface area (Å²) in [4.78, 5) is 37.8. The quantitative estimate of drug-likeness (QED) is 0.252. The Kier molecular flexibility index (Phi) is 11.3. The van der Waals surface area contributed by atoms with E-state index in [9.17, 15) is 22.8 Å². The average molecular weight is 649 g/mol. The summed E-state index contributed by atoms with van der Waals surface area (Å²) in [5, 5.41) is 13.0. The molecule has 0 unspecified atom stereocenters. The highest BCUT2D eigenvalue weighted by molar-refractivity contribution is 6.76. The van der Waals surface area contributed by atoms with Gasteiger partial charge >= 0.3 is 6.18 Å². The van der Waals surface area contributed by atoms with Crippen molar-refractivity contribution in [3.05, 3.63) is 46.0 Å². The number of rotatable bonds is 12. The van der Waals surface area contributed by atoms with Gasteiger partial charge in [0.1, 0.15) is 24.2 Å². The third kappa shape index (κ3) is 9.27. The zero-order chi connectivity index (χ0) is 32.8. The Morgan fingerprint density at radius 3 is 2.51 bits per heavy atom. The van der Waals surface area contributed by atoms with Gasteiger partial charge in [-0.3, -0.25) is 9.59 Å². The van der Waals surface area contributed by atoms with E-state index in [1.165, 1.54) is 6.20 Å². The van der Waals surface area contributed by atoms with Gasteiger partial charge in [-0.15, -0.1) is 0 Å². The van der Waals surface area contributed by atoms with Gasteiger partial charge in [-0.25, -0.2) is 9.67 Å². The van der Waals surface area contributed by atoms with Crippen molar-refractivity contribution in [2.75, 3.05) is 69.3 Å². The first-order valence-corrected chi connectivity index (χ1v) is 19.1. The van der Waals surface area contributed by atoms with Crippen LogP contribution in [0.5, 0.6) is 0 Å². The van der Waals surface area contributed by atoms with Crippen molar-refractivity contribution in [1.82, 2.24) is 24.6 Å². The van der Waals surface area contributed by atoms with Crippen molar-refractivity contribution < 1.29 is 22.7 Å². The lowest BCUT2D eigenvalue weighted by molar-refractivity contribution is -0.139. The number of hydrogen-bond donors (Lipinski definition) is 0. The summed E-state index contributed by atoms with van der Waals surface area (Å²) in [5.74, 6) is 0.797. The molecule has 4 rings (SSSR count). The molecule has 0 saturated carbocycles. The lowest BCUT2D eigenvalue weighted by Gasteiger charge is -2.36. The van der Waals surface area contributed by atoms with E-state index in [0.29, 0.717) is 77.2 Å². The highest BCUT2D eigenvalue weighted by Gasteiger charge is 2.41. The largest absolute Gasteiger partial charge is 0.423 e. The predicted octanol–water partition coefficient (Wildman–Crippen LogP) is 3.48. The van der Waals surface area contributed by atoms with Crippen LogP contribution in [0.25, 0.3) is 0 Å². The summed E-state index contributed by atoms with van der Waals surface area (Å²) < 4.78 is 49.0. The van der Waals surface area contributed by atoms with E-state index >= 15 is 0 Å². The van der Waals surface area contributed by atoms with Gasteiger partial charge in [0, 0.05) is 79.2 Å². The molecule has 0 radical (unpaired) electrons. The van der Waals surface area contributed by atoms with Crippen LogP contribution < -0.4 is 15.4 Å². The third-order valence-corrected chi connectivity index (χ3v) is 9.97. The fourth-order valence-corrected chi connectivity index (χ4v) is 6.40. The molecule has 2 aromatic heterocycles. The number of hydrogen-bond acceptors (Lipinski definition) is 9. The number of alkyl halides is 3. The Morgan fingerprint density at radius 1 is 1.16 bits per heavy atom. The van der Waals surface area contributed by atoms with E-state index in [4.69, 9.17) is 10.00 Å². The molecule has 2 fully saturated rings. The first kappa shape index (κ1) is 34.4. The number of piperazine rings is 1. The Labute approximate surface area is 263 Å². The molecule has 2 aliphatic rings. The number of carbonyl (C=O) groups excluding carboxylic acids is 1. The summed E-state index contributed by atoms with van der Waals surface area (Å²) in [5.41, 5.74) is -2.12.